The Hall–Kier alpha value is -1.67. The minimum atomic E-state index is 0.145. The van der Waals surface area contributed by atoms with Crippen molar-refractivity contribution in [2.24, 2.45) is 0 Å². The zero-order valence-corrected chi connectivity index (χ0v) is 9.18. The van der Waals surface area contributed by atoms with Gasteiger partial charge in [-0.3, -0.25) is 0 Å². The van der Waals surface area contributed by atoms with E-state index in [1.807, 2.05) is 13.0 Å². The lowest BCUT2D eigenvalue weighted by atomic mass is 10.1. The predicted molar refractivity (Wildman–Crippen MR) is 58.8 cm³/mol. The Morgan fingerprint density at radius 2 is 2.38 bits per heavy atom. The first-order valence-corrected chi connectivity index (χ1v) is 5.40. The Labute approximate surface area is 94.5 Å². The molecule has 1 aromatic rings. The van der Waals surface area contributed by atoms with Crippen LogP contribution in [0.5, 0.6) is 0 Å². The number of anilines is 1. The molecule has 16 heavy (non-hydrogen) atoms. The maximum Gasteiger partial charge on any atom is 0.182 e. The molecule has 2 rings (SSSR count). The highest BCUT2D eigenvalue weighted by atomic mass is 16.5. The Morgan fingerprint density at radius 3 is 3.06 bits per heavy atom. The molecule has 1 N–H and O–H groups in total. The van der Waals surface area contributed by atoms with E-state index in [1.54, 1.807) is 6.20 Å². The average Bonchev–Trinajstić information content (AvgIpc) is 2.83. The van der Waals surface area contributed by atoms with E-state index in [4.69, 9.17) is 10.00 Å². The van der Waals surface area contributed by atoms with Gasteiger partial charge in [0.2, 0.25) is 0 Å². The van der Waals surface area contributed by atoms with Crippen molar-refractivity contribution >= 4 is 5.82 Å². The number of nitrogens with zero attached hydrogens (tertiary/aromatic N) is 3. The molecule has 5 nitrogen and oxygen atoms in total. The largest absolute Gasteiger partial charge is 0.376 e. The second kappa shape index (κ2) is 4.90. The standard InChI is InChI=1S/C11H14N4O/c1-8(10-3-2-6-16-10)15-11-9(7-12)13-4-5-14-11/h4-5,8,10H,2-3,6H2,1H3,(H,14,15). The summed E-state index contributed by atoms with van der Waals surface area (Å²) in [5.41, 5.74) is 0.326. The smallest absolute Gasteiger partial charge is 0.182 e. The monoisotopic (exact) mass is 218 g/mol. The molecule has 1 aliphatic heterocycles. The van der Waals surface area contributed by atoms with Gasteiger partial charge in [0, 0.05) is 19.0 Å². The van der Waals surface area contributed by atoms with Gasteiger partial charge in [0.25, 0.3) is 0 Å². The molecule has 0 aromatic carbocycles. The molecule has 84 valence electrons. The molecule has 0 amide bonds. The van der Waals surface area contributed by atoms with Crippen LogP contribution in [-0.4, -0.2) is 28.7 Å². The van der Waals surface area contributed by atoms with E-state index in [0.717, 1.165) is 19.4 Å². The molecule has 1 saturated heterocycles. The molecule has 1 aromatic heterocycles. The summed E-state index contributed by atoms with van der Waals surface area (Å²) in [6.45, 7) is 2.86. The minimum absolute atomic E-state index is 0.145. The number of ether oxygens (including phenoxy) is 1. The fourth-order valence-electron chi connectivity index (χ4n) is 1.83. The highest BCUT2D eigenvalue weighted by molar-refractivity contribution is 5.47. The third-order valence-electron chi connectivity index (χ3n) is 2.69. The van der Waals surface area contributed by atoms with Crippen molar-refractivity contribution in [2.75, 3.05) is 11.9 Å². The Morgan fingerprint density at radius 1 is 1.56 bits per heavy atom. The van der Waals surface area contributed by atoms with Gasteiger partial charge in [-0.2, -0.15) is 5.26 Å². The highest BCUT2D eigenvalue weighted by Crippen LogP contribution is 2.18. The summed E-state index contributed by atoms with van der Waals surface area (Å²) in [6, 6.07) is 2.16. The van der Waals surface area contributed by atoms with Crippen LogP contribution in [0.25, 0.3) is 0 Å². The molecule has 0 bridgehead atoms. The number of hydrogen-bond acceptors (Lipinski definition) is 5. The van der Waals surface area contributed by atoms with Gasteiger partial charge < -0.3 is 10.1 Å². The van der Waals surface area contributed by atoms with Gasteiger partial charge >= 0.3 is 0 Å². The summed E-state index contributed by atoms with van der Waals surface area (Å²) in [7, 11) is 0. The van der Waals surface area contributed by atoms with Crippen LogP contribution in [0, 0.1) is 11.3 Å². The van der Waals surface area contributed by atoms with Crippen molar-refractivity contribution in [3.63, 3.8) is 0 Å². The van der Waals surface area contributed by atoms with E-state index >= 15 is 0 Å². The average molecular weight is 218 g/mol. The predicted octanol–water partition coefficient (Wildman–Crippen LogP) is 1.33. The maximum absolute atomic E-state index is 8.87. The molecule has 0 spiro atoms. The quantitative estimate of drug-likeness (QED) is 0.828. The van der Waals surface area contributed by atoms with Crippen LogP contribution in [0.3, 0.4) is 0 Å². The van der Waals surface area contributed by atoms with Crippen LogP contribution in [0.2, 0.25) is 0 Å². The van der Waals surface area contributed by atoms with Crippen LogP contribution in [0.15, 0.2) is 12.4 Å². The molecule has 5 heteroatoms. The van der Waals surface area contributed by atoms with Crippen LogP contribution >= 0.6 is 0 Å². The zero-order valence-electron chi connectivity index (χ0n) is 9.18. The summed E-state index contributed by atoms with van der Waals surface area (Å²) in [5.74, 6) is 0.535. The fraction of sp³-hybridized carbons (Fsp3) is 0.545. The van der Waals surface area contributed by atoms with Crippen LogP contribution in [0.1, 0.15) is 25.5 Å². The normalized spacial score (nSPS) is 21.4. The lowest BCUT2D eigenvalue weighted by Gasteiger charge is -2.20. The summed E-state index contributed by atoms with van der Waals surface area (Å²) < 4.78 is 5.57. The maximum atomic E-state index is 8.87. The number of nitrogens with one attached hydrogen (secondary N) is 1. The molecule has 0 aliphatic carbocycles. The van der Waals surface area contributed by atoms with E-state index in [1.165, 1.54) is 6.20 Å². The lowest BCUT2D eigenvalue weighted by molar-refractivity contribution is 0.0995. The lowest BCUT2D eigenvalue weighted by Crippen LogP contribution is -2.30. The molecule has 0 saturated carbocycles. The SMILES string of the molecule is CC(Nc1nccnc1C#N)C1CCCO1. The third-order valence-corrected chi connectivity index (χ3v) is 2.69. The van der Waals surface area contributed by atoms with Crippen LogP contribution in [0.4, 0.5) is 5.82 Å². The Balaban J connectivity index is 2.05. The first kappa shape index (κ1) is 10.8. The van der Waals surface area contributed by atoms with Gasteiger partial charge in [0.15, 0.2) is 11.5 Å². The molecule has 2 unspecified atom stereocenters. The van der Waals surface area contributed by atoms with Crippen molar-refractivity contribution in [2.45, 2.75) is 31.9 Å². The summed E-state index contributed by atoms with van der Waals surface area (Å²) in [4.78, 5) is 8.06. The topological polar surface area (TPSA) is 70.8 Å². The van der Waals surface area contributed by atoms with Gasteiger partial charge in [0.05, 0.1) is 12.1 Å². The van der Waals surface area contributed by atoms with Gasteiger partial charge in [-0.05, 0) is 19.8 Å². The summed E-state index contributed by atoms with van der Waals surface area (Å²) in [5, 5.41) is 12.1. The second-order valence-electron chi connectivity index (χ2n) is 3.85. The molecule has 2 heterocycles. The van der Waals surface area contributed by atoms with E-state index in [0.29, 0.717) is 11.5 Å². The molecular weight excluding hydrogens is 204 g/mol. The van der Waals surface area contributed by atoms with Gasteiger partial charge in [0.1, 0.15) is 6.07 Å². The van der Waals surface area contributed by atoms with E-state index in [2.05, 4.69) is 15.3 Å². The molecule has 1 aliphatic rings. The number of nitriles is 1. The van der Waals surface area contributed by atoms with Crippen molar-refractivity contribution in [3.8, 4) is 6.07 Å². The number of aromatic nitrogens is 2. The van der Waals surface area contributed by atoms with Gasteiger partial charge in [-0.25, -0.2) is 9.97 Å². The van der Waals surface area contributed by atoms with Crippen molar-refractivity contribution < 1.29 is 4.74 Å². The fourth-order valence-corrected chi connectivity index (χ4v) is 1.83. The van der Waals surface area contributed by atoms with E-state index in [9.17, 15) is 0 Å². The van der Waals surface area contributed by atoms with E-state index in [-0.39, 0.29) is 12.1 Å². The molecular formula is C11H14N4O. The molecule has 1 fully saturated rings. The van der Waals surface area contributed by atoms with Gasteiger partial charge in [-0.1, -0.05) is 0 Å². The van der Waals surface area contributed by atoms with Crippen LogP contribution < -0.4 is 5.32 Å². The molecule has 0 radical (unpaired) electrons. The van der Waals surface area contributed by atoms with Crippen molar-refractivity contribution in [3.05, 3.63) is 18.1 Å². The van der Waals surface area contributed by atoms with Gasteiger partial charge in [-0.15, -0.1) is 0 Å². The van der Waals surface area contributed by atoms with Crippen molar-refractivity contribution in [1.82, 2.24) is 9.97 Å². The van der Waals surface area contributed by atoms with Crippen molar-refractivity contribution in [1.29, 1.82) is 5.26 Å². The summed E-state index contributed by atoms with van der Waals surface area (Å²) >= 11 is 0. The Kier molecular flexibility index (Phi) is 3.32. The summed E-state index contributed by atoms with van der Waals surface area (Å²) in [6.07, 6.45) is 5.44. The minimum Gasteiger partial charge on any atom is -0.376 e. The Bertz CT molecular complexity index is 395. The zero-order chi connectivity index (χ0) is 11.4. The second-order valence-corrected chi connectivity index (χ2v) is 3.85. The third kappa shape index (κ3) is 2.28. The highest BCUT2D eigenvalue weighted by Gasteiger charge is 2.23. The van der Waals surface area contributed by atoms with Crippen LogP contribution in [-0.2, 0) is 4.74 Å². The number of hydrogen-bond donors (Lipinski definition) is 1. The molecule has 2 atom stereocenters. The van der Waals surface area contributed by atoms with E-state index < -0.39 is 0 Å². The first-order valence-electron chi connectivity index (χ1n) is 5.40. The number of rotatable bonds is 3. The first-order chi connectivity index (χ1) is 7.81.